The van der Waals surface area contributed by atoms with Gasteiger partial charge in [0.2, 0.25) is 15.2 Å². The largest absolute Gasteiger partial charge is 0.291 e. The standard InChI is InChI=1S/C10H8N4O2S2/c11-18(15,16)8-2-1-7-3-4-14(9(7)5-8)10-12-6-13-17-10/h1-6H,(H2,11,15,16). The number of hydrogen-bond donors (Lipinski definition) is 1. The van der Waals surface area contributed by atoms with Crippen molar-refractivity contribution in [3.05, 3.63) is 36.8 Å². The Bertz CT molecular complexity index is 806. The van der Waals surface area contributed by atoms with Gasteiger partial charge in [0.1, 0.15) is 6.33 Å². The van der Waals surface area contributed by atoms with Crippen LogP contribution in [0.1, 0.15) is 0 Å². The predicted molar refractivity (Wildman–Crippen MR) is 68.1 cm³/mol. The molecule has 8 heteroatoms. The molecule has 92 valence electrons. The molecule has 0 bridgehead atoms. The maximum absolute atomic E-state index is 11.3. The maximum atomic E-state index is 11.3. The van der Waals surface area contributed by atoms with Crippen LogP contribution in [0.2, 0.25) is 0 Å². The second kappa shape index (κ2) is 3.87. The molecule has 0 saturated carbocycles. The van der Waals surface area contributed by atoms with Crippen molar-refractivity contribution >= 4 is 32.5 Å². The fraction of sp³-hybridized carbons (Fsp3) is 0. The Morgan fingerprint density at radius 1 is 1.28 bits per heavy atom. The molecular formula is C10H8N4O2S2. The van der Waals surface area contributed by atoms with Crippen LogP contribution in [-0.2, 0) is 10.0 Å². The molecule has 2 heterocycles. The summed E-state index contributed by atoms with van der Waals surface area (Å²) in [4.78, 5) is 4.17. The molecule has 0 amide bonds. The van der Waals surface area contributed by atoms with E-state index in [1.807, 2.05) is 12.3 Å². The Balaban J connectivity index is 2.30. The van der Waals surface area contributed by atoms with Gasteiger partial charge in [-0.05, 0) is 18.2 Å². The van der Waals surface area contributed by atoms with Crippen LogP contribution in [0, 0.1) is 0 Å². The zero-order valence-electron chi connectivity index (χ0n) is 9.02. The molecule has 0 atom stereocenters. The van der Waals surface area contributed by atoms with Crippen LogP contribution in [-0.4, -0.2) is 22.3 Å². The number of fused-ring (bicyclic) bond motifs is 1. The zero-order valence-corrected chi connectivity index (χ0v) is 10.6. The highest BCUT2D eigenvalue weighted by molar-refractivity contribution is 7.89. The van der Waals surface area contributed by atoms with Crippen molar-refractivity contribution in [2.45, 2.75) is 4.90 Å². The molecule has 0 aliphatic heterocycles. The number of primary sulfonamides is 1. The van der Waals surface area contributed by atoms with Crippen molar-refractivity contribution in [3.63, 3.8) is 0 Å². The molecule has 6 nitrogen and oxygen atoms in total. The molecule has 2 N–H and O–H groups in total. The Labute approximate surface area is 107 Å². The number of hydrogen-bond acceptors (Lipinski definition) is 5. The van der Waals surface area contributed by atoms with Gasteiger partial charge in [-0.25, -0.2) is 18.5 Å². The number of sulfonamides is 1. The van der Waals surface area contributed by atoms with Crippen molar-refractivity contribution in [1.29, 1.82) is 0 Å². The highest BCUT2D eigenvalue weighted by atomic mass is 32.2. The van der Waals surface area contributed by atoms with E-state index >= 15 is 0 Å². The van der Waals surface area contributed by atoms with Gasteiger partial charge in [-0.2, -0.15) is 4.37 Å². The van der Waals surface area contributed by atoms with Crippen LogP contribution in [0.3, 0.4) is 0 Å². The summed E-state index contributed by atoms with van der Waals surface area (Å²) < 4.78 is 28.4. The predicted octanol–water partition coefficient (Wildman–Crippen LogP) is 1.13. The fourth-order valence-corrected chi connectivity index (χ4v) is 2.79. The summed E-state index contributed by atoms with van der Waals surface area (Å²) >= 11 is 1.23. The average molecular weight is 280 g/mol. The van der Waals surface area contributed by atoms with Gasteiger partial charge in [0.05, 0.1) is 10.4 Å². The van der Waals surface area contributed by atoms with Crippen molar-refractivity contribution in [2.75, 3.05) is 0 Å². The minimum atomic E-state index is -3.70. The highest BCUT2D eigenvalue weighted by Crippen LogP contribution is 2.23. The summed E-state index contributed by atoms with van der Waals surface area (Å²) in [6, 6.07) is 6.62. The number of nitrogens with zero attached hydrogens (tertiary/aromatic N) is 3. The van der Waals surface area contributed by atoms with Crippen LogP contribution in [0.5, 0.6) is 0 Å². The SMILES string of the molecule is NS(=O)(=O)c1ccc2ccn(-c3ncns3)c2c1. The quantitative estimate of drug-likeness (QED) is 0.761. The fourth-order valence-electron chi connectivity index (χ4n) is 1.73. The van der Waals surface area contributed by atoms with Gasteiger partial charge in [-0.3, -0.25) is 4.57 Å². The molecule has 0 aliphatic carbocycles. The van der Waals surface area contributed by atoms with E-state index in [1.165, 1.54) is 30.0 Å². The molecule has 0 fully saturated rings. The Morgan fingerprint density at radius 2 is 2.11 bits per heavy atom. The zero-order chi connectivity index (χ0) is 12.8. The molecule has 3 aromatic rings. The Hall–Kier alpha value is -1.77. The van der Waals surface area contributed by atoms with Crippen molar-refractivity contribution in [2.24, 2.45) is 5.14 Å². The lowest BCUT2D eigenvalue weighted by Gasteiger charge is -2.02. The average Bonchev–Trinajstić information content (AvgIpc) is 2.95. The van der Waals surface area contributed by atoms with E-state index in [1.54, 1.807) is 10.6 Å². The third-order valence-corrected chi connectivity index (χ3v) is 4.12. The van der Waals surface area contributed by atoms with E-state index in [0.717, 1.165) is 10.9 Å². The molecule has 0 spiro atoms. The Kier molecular flexibility index (Phi) is 2.44. The first-order valence-corrected chi connectivity index (χ1v) is 7.29. The number of nitrogens with two attached hydrogens (primary N) is 1. The van der Waals surface area contributed by atoms with E-state index in [9.17, 15) is 8.42 Å². The lowest BCUT2D eigenvalue weighted by atomic mass is 10.2. The van der Waals surface area contributed by atoms with E-state index in [0.29, 0.717) is 5.13 Å². The lowest BCUT2D eigenvalue weighted by molar-refractivity contribution is 0.598. The first kappa shape index (κ1) is 11.3. The molecule has 18 heavy (non-hydrogen) atoms. The van der Waals surface area contributed by atoms with E-state index < -0.39 is 10.0 Å². The third kappa shape index (κ3) is 1.80. The van der Waals surface area contributed by atoms with Gasteiger partial charge < -0.3 is 0 Å². The van der Waals surface area contributed by atoms with E-state index in [-0.39, 0.29) is 4.90 Å². The smallest absolute Gasteiger partial charge is 0.238 e. The summed E-state index contributed by atoms with van der Waals surface area (Å²) in [5.41, 5.74) is 0.735. The molecule has 0 unspecified atom stereocenters. The molecule has 3 rings (SSSR count). The second-order valence-electron chi connectivity index (χ2n) is 3.68. The van der Waals surface area contributed by atoms with Crippen LogP contribution in [0.15, 0.2) is 41.7 Å². The minimum absolute atomic E-state index is 0.0828. The van der Waals surface area contributed by atoms with E-state index in [2.05, 4.69) is 9.36 Å². The van der Waals surface area contributed by atoms with Crippen LogP contribution < -0.4 is 5.14 Å². The van der Waals surface area contributed by atoms with E-state index in [4.69, 9.17) is 5.14 Å². The van der Waals surface area contributed by atoms with Crippen LogP contribution in [0.4, 0.5) is 0 Å². The summed E-state index contributed by atoms with van der Waals surface area (Å²) in [6.45, 7) is 0. The van der Waals surface area contributed by atoms with Gasteiger partial charge in [-0.1, -0.05) is 6.07 Å². The summed E-state index contributed by atoms with van der Waals surface area (Å²) in [5, 5.41) is 6.71. The normalized spacial score (nSPS) is 12.1. The van der Waals surface area contributed by atoms with Crippen molar-refractivity contribution < 1.29 is 8.42 Å². The third-order valence-electron chi connectivity index (χ3n) is 2.55. The second-order valence-corrected chi connectivity index (χ2v) is 6.00. The lowest BCUT2D eigenvalue weighted by Crippen LogP contribution is -2.12. The van der Waals surface area contributed by atoms with Gasteiger partial charge >= 0.3 is 0 Å². The van der Waals surface area contributed by atoms with Gasteiger partial charge in [-0.15, -0.1) is 0 Å². The number of rotatable bonds is 2. The molecule has 0 radical (unpaired) electrons. The first-order valence-electron chi connectivity index (χ1n) is 4.97. The van der Waals surface area contributed by atoms with Crippen molar-refractivity contribution in [3.8, 4) is 5.13 Å². The molecule has 0 aliphatic rings. The van der Waals surface area contributed by atoms with Gasteiger partial charge in [0, 0.05) is 23.1 Å². The first-order chi connectivity index (χ1) is 8.55. The topological polar surface area (TPSA) is 90.9 Å². The molecule has 2 aromatic heterocycles. The van der Waals surface area contributed by atoms with Gasteiger partial charge in [0.25, 0.3) is 0 Å². The summed E-state index contributed by atoms with van der Waals surface area (Å²) in [7, 11) is -3.70. The number of aromatic nitrogens is 3. The highest BCUT2D eigenvalue weighted by Gasteiger charge is 2.11. The summed E-state index contributed by atoms with van der Waals surface area (Å²) in [5.74, 6) is 0. The minimum Gasteiger partial charge on any atom is -0.291 e. The molecule has 1 aromatic carbocycles. The van der Waals surface area contributed by atoms with Crippen molar-refractivity contribution in [1.82, 2.24) is 13.9 Å². The Morgan fingerprint density at radius 3 is 2.78 bits per heavy atom. The monoisotopic (exact) mass is 280 g/mol. The molecular weight excluding hydrogens is 272 g/mol. The number of benzene rings is 1. The molecule has 0 saturated heterocycles. The van der Waals surface area contributed by atoms with Crippen LogP contribution in [0.25, 0.3) is 16.0 Å². The van der Waals surface area contributed by atoms with Gasteiger partial charge in [0.15, 0.2) is 0 Å². The van der Waals surface area contributed by atoms with Crippen LogP contribution >= 0.6 is 11.5 Å². The summed E-state index contributed by atoms with van der Waals surface area (Å²) in [6.07, 6.45) is 3.27. The maximum Gasteiger partial charge on any atom is 0.238 e.